The number of nitrogens with one attached hydrogen (secondary N) is 1. The Balaban J connectivity index is 2.58. The maximum atomic E-state index is 12.2. The van der Waals surface area contributed by atoms with Gasteiger partial charge in [0.25, 0.3) is 0 Å². The van der Waals surface area contributed by atoms with Crippen molar-refractivity contribution in [3.63, 3.8) is 0 Å². The first kappa shape index (κ1) is 17.6. The van der Waals surface area contributed by atoms with Crippen LogP contribution in [0.1, 0.15) is 40.0 Å². The van der Waals surface area contributed by atoms with Crippen LogP contribution in [0.25, 0.3) is 0 Å². The maximum absolute atomic E-state index is 12.2. The summed E-state index contributed by atoms with van der Waals surface area (Å²) < 4.78 is 27.7. The van der Waals surface area contributed by atoms with Crippen molar-refractivity contribution in [1.82, 2.24) is 4.72 Å². The normalized spacial score (nSPS) is 14.2. The van der Waals surface area contributed by atoms with Gasteiger partial charge < -0.3 is 5.11 Å². The van der Waals surface area contributed by atoms with E-state index < -0.39 is 15.6 Å². The second kappa shape index (κ2) is 7.02. The van der Waals surface area contributed by atoms with Crippen molar-refractivity contribution in [1.29, 1.82) is 0 Å². The number of halogens is 1. The minimum atomic E-state index is -3.49. The number of hydrogen-bond acceptors (Lipinski definition) is 3. The Morgan fingerprint density at radius 2 is 2.05 bits per heavy atom. The number of rotatable bonds is 7. The monoisotopic (exact) mass is 363 g/mol. The summed E-state index contributed by atoms with van der Waals surface area (Å²) in [6, 6.07) is 6.45. The molecule has 0 aliphatic carbocycles. The van der Waals surface area contributed by atoms with Gasteiger partial charge in [-0.25, -0.2) is 13.1 Å². The minimum Gasteiger partial charge on any atom is -0.390 e. The van der Waals surface area contributed by atoms with E-state index in [1.807, 2.05) is 6.92 Å². The smallest absolute Gasteiger partial charge is 0.240 e. The van der Waals surface area contributed by atoms with Gasteiger partial charge in [0, 0.05) is 10.5 Å². The number of sulfonamides is 1. The average molecular weight is 364 g/mol. The Kier molecular flexibility index (Phi) is 6.19. The molecule has 1 atom stereocenters. The highest BCUT2D eigenvalue weighted by Gasteiger charge is 2.18. The van der Waals surface area contributed by atoms with Crippen LogP contribution in [0, 0.1) is 0 Å². The molecule has 0 aromatic heterocycles. The highest BCUT2D eigenvalue weighted by molar-refractivity contribution is 9.10. The molecule has 0 fully saturated rings. The standard InChI is InChI=1S/C14H22BrNO3S/c1-11(6-5-9-14(2,3)17)16-20(18,19)13-8-4-7-12(15)10-13/h4,7-8,10-11,16-17H,5-6,9H2,1-3H3. The first-order valence-electron chi connectivity index (χ1n) is 6.60. The zero-order valence-corrected chi connectivity index (χ0v) is 14.5. The number of benzene rings is 1. The van der Waals surface area contributed by atoms with Gasteiger partial charge >= 0.3 is 0 Å². The first-order valence-corrected chi connectivity index (χ1v) is 8.88. The minimum absolute atomic E-state index is 0.165. The van der Waals surface area contributed by atoms with E-state index in [1.165, 1.54) is 0 Å². The lowest BCUT2D eigenvalue weighted by Crippen LogP contribution is -2.33. The van der Waals surface area contributed by atoms with E-state index in [9.17, 15) is 13.5 Å². The fourth-order valence-electron chi connectivity index (χ4n) is 1.87. The van der Waals surface area contributed by atoms with Gasteiger partial charge in [-0.3, -0.25) is 0 Å². The highest BCUT2D eigenvalue weighted by Crippen LogP contribution is 2.17. The molecule has 1 aromatic carbocycles. The van der Waals surface area contributed by atoms with Crippen molar-refractivity contribution in [3.05, 3.63) is 28.7 Å². The first-order chi connectivity index (χ1) is 9.10. The maximum Gasteiger partial charge on any atom is 0.240 e. The van der Waals surface area contributed by atoms with E-state index in [4.69, 9.17) is 0 Å². The Morgan fingerprint density at radius 1 is 1.40 bits per heavy atom. The molecule has 0 radical (unpaired) electrons. The molecule has 4 nitrogen and oxygen atoms in total. The summed E-state index contributed by atoms with van der Waals surface area (Å²) in [7, 11) is -3.49. The second-order valence-corrected chi connectivity index (χ2v) is 8.31. The van der Waals surface area contributed by atoms with E-state index in [2.05, 4.69) is 20.7 Å². The molecular weight excluding hydrogens is 342 g/mol. The fourth-order valence-corrected chi connectivity index (χ4v) is 3.74. The lowest BCUT2D eigenvalue weighted by atomic mass is 10.00. The third-order valence-corrected chi connectivity index (χ3v) is 4.97. The summed E-state index contributed by atoms with van der Waals surface area (Å²) in [5.41, 5.74) is -0.705. The number of aliphatic hydroxyl groups is 1. The Labute approximate surface area is 129 Å². The summed E-state index contributed by atoms with van der Waals surface area (Å²) >= 11 is 3.26. The molecule has 0 bridgehead atoms. The third kappa shape index (κ3) is 6.35. The second-order valence-electron chi connectivity index (χ2n) is 5.68. The van der Waals surface area contributed by atoms with Gasteiger partial charge in [0.2, 0.25) is 10.0 Å². The topological polar surface area (TPSA) is 66.4 Å². The molecule has 0 heterocycles. The molecule has 0 amide bonds. The molecule has 6 heteroatoms. The largest absolute Gasteiger partial charge is 0.390 e. The Morgan fingerprint density at radius 3 is 2.60 bits per heavy atom. The Hall–Kier alpha value is -0.430. The van der Waals surface area contributed by atoms with Crippen molar-refractivity contribution >= 4 is 26.0 Å². The van der Waals surface area contributed by atoms with E-state index in [0.717, 1.165) is 10.9 Å². The zero-order chi connectivity index (χ0) is 15.4. The van der Waals surface area contributed by atoms with Gasteiger partial charge in [-0.05, 0) is 58.2 Å². The molecule has 20 heavy (non-hydrogen) atoms. The molecule has 0 aliphatic rings. The van der Waals surface area contributed by atoms with Gasteiger partial charge in [-0.15, -0.1) is 0 Å². The average Bonchev–Trinajstić information content (AvgIpc) is 2.26. The summed E-state index contributed by atoms with van der Waals surface area (Å²) in [6.07, 6.45) is 2.11. The van der Waals surface area contributed by atoms with Crippen LogP contribution in [0.15, 0.2) is 33.6 Å². The van der Waals surface area contributed by atoms with Crippen LogP contribution in [-0.4, -0.2) is 25.2 Å². The van der Waals surface area contributed by atoms with Gasteiger partial charge in [-0.1, -0.05) is 22.0 Å². The van der Waals surface area contributed by atoms with Gasteiger partial charge in [0.05, 0.1) is 10.5 Å². The fraction of sp³-hybridized carbons (Fsp3) is 0.571. The van der Waals surface area contributed by atoms with Crippen LogP contribution in [0.2, 0.25) is 0 Å². The summed E-state index contributed by atoms with van der Waals surface area (Å²) in [4.78, 5) is 0.251. The summed E-state index contributed by atoms with van der Waals surface area (Å²) in [6.45, 7) is 5.34. The molecule has 0 spiro atoms. The molecule has 0 saturated carbocycles. The molecule has 0 saturated heterocycles. The van der Waals surface area contributed by atoms with Crippen molar-refractivity contribution < 1.29 is 13.5 Å². The van der Waals surface area contributed by atoms with Crippen molar-refractivity contribution in [2.24, 2.45) is 0 Å². The van der Waals surface area contributed by atoms with Crippen LogP contribution >= 0.6 is 15.9 Å². The predicted molar refractivity (Wildman–Crippen MR) is 84.1 cm³/mol. The highest BCUT2D eigenvalue weighted by atomic mass is 79.9. The van der Waals surface area contributed by atoms with E-state index in [1.54, 1.807) is 38.1 Å². The van der Waals surface area contributed by atoms with Gasteiger partial charge in [0.1, 0.15) is 0 Å². The van der Waals surface area contributed by atoms with Crippen molar-refractivity contribution in [2.75, 3.05) is 0 Å². The van der Waals surface area contributed by atoms with Crippen LogP contribution in [0.5, 0.6) is 0 Å². The predicted octanol–water partition coefficient (Wildman–Crippen LogP) is 3.06. The molecule has 1 rings (SSSR count). The lowest BCUT2D eigenvalue weighted by Gasteiger charge is -2.19. The van der Waals surface area contributed by atoms with Crippen LogP contribution < -0.4 is 4.72 Å². The quantitative estimate of drug-likeness (QED) is 0.782. The van der Waals surface area contributed by atoms with Gasteiger partial charge in [0.15, 0.2) is 0 Å². The summed E-state index contributed by atoms with van der Waals surface area (Å²) in [5.74, 6) is 0. The van der Waals surface area contributed by atoms with E-state index in [0.29, 0.717) is 12.8 Å². The summed E-state index contributed by atoms with van der Waals surface area (Å²) in [5, 5.41) is 9.63. The third-order valence-electron chi connectivity index (χ3n) is 2.89. The van der Waals surface area contributed by atoms with Crippen LogP contribution in [-0.2, 0) is 10.0 Å². The molecule has 1 aromatic rings. The van der Waals surface area contributed by atoms with Crippen LogP contribution in [0.4, 0.5) is 0 Å². The molecule has 114 valence electrons. The van der Waals surface area contributed by atoms with E-state index in [-0.39, 0.29) is 10.9 Å². The zero-order valence-electron chi connectivity index (χ0n) is 12.1. The van der Waals surface area contributed by atoms with E-state index >= 15 is 0 Å². The molecule has 2 N–H and O–H groups in total. The SMILES string of the molecule is CC(CCCC(C)(C)O)NS(=O)(=O)c1cccc(Br)c1. The van der Waals surface area contributed by atoms with Crippen LogP contribution in [0.3, 0.4) is 0 Å². The lowest BCUT2D eigenvalue weighted by molar-refractivity contribution is 0.0677. The number of hydrogen-bond donors (Lipinski definition) is 2. The van der Waals surface area contributed by atoms with Crippen molar-refractivity contribution in [3.8, 4) is 0 Å². The molecule has 1 unspecified atom stereocenters. The van der Waals surface area contributed by atoms with Crippen molar-refractivity contribution in [2.45, 2.75) is 56.6 Å². The Bertz CT molecular complexity index is 538. The molecule has 0 aliphatic heterocycles. The van der Waals surface area contributed by atoms with Gasteiger partial charge in [-0.2, -0.15) is 0 Å². The molecular formula is C14H22BrNO3S.